The van der Waals surface area contributed by atoms with Gasteiger partial charge in [-0.25, -0.2) is 0 Å². The first-order chi connectivity index (χ1) is 5.88. The molecule has 60 valence electrons. The van der Waals surface area contributed by atoms with E-state index in [2.05, 4.69) is 5.32 Å². The van der Waals surface area contributed by atoms with E-state index in [0.29, 0.717) is 0 Å². The van der Waals surface area contributed by atoms with Gasteiger partial charge in [-0.1, -0.05) is 12.2 Å². The molecule has 3 nitrogen and oxygen atoms in total. The molecule has 0 fully saturated rings. The fourth-order valence-corrected chi connectivity index (χ4v) is 1.10. The molecule has 1 N–H and O–H groups in total. The van der Waals surface area contributed by atoms with E-state index in [9.17, 15) is 4.79 Å². The number of nitrogens with zero attached hydrogens (tertiary/aromatic N) is 1. The number of rotatable bonds is 0. The van der Waals surface area contributed by atoms with Crippen molar-refractivity contribution in [3.05, 3.63) is 48.6 Å². The number of fused-ring (bicyclic) bond motifs is 1. The maximum Gasteiger partial charge on any atom is 0.257 e. The molecule has 2 aliphatic rings. The first-order valence-corrected chi connectivity index (χ1v) is 3.69. The van der Waals surface area contributed by atoms with Crippen molar-refractivity contribution in [2.24, 2.45) is 0 Å². The van der Waals surface area contributed by atoms with E-state index in [1.54, 1.807) is 17.3 Å². The highest BCUT2D eigenvalue weighted by atomic mass is 16.2. The van der Waals surface area contributed by atoms with Crippen LogP contribution in [0.2, 0.25) is 0 Å². The summed E-state index contributed by atoms with van der Waals surface area (Å²) >= 11 is 0. The average molecular weight is 160 g/mol. The SMILES string of the molecule is O=C1C=CNC2=CC=CC=CN12. The van der Waals surface area contributed by atoms with Crippen LogP contribution in [0.1, 0.15) is 0 Å². The Kier molecular flexibility index (Phi) is 1.55. The lowest BCUT2D eigenvalue weighted by Crippen LogP contribution is -2.33. The Bertz CT molecular complexity index is 323. The second kappa shape index (κ2) is 2.70. The number of nitrogens with one attached hydrogen (secondary N) is 1. The Morgan fingerprint density at radius 1 is 1.25 bits per heavy atom. The standard InChI is InChI=1S/C9H8N2O/c12-9-5-6-10-8-4-2-1-3-7-11(8)9/h1-7,10H. The summed E-state index contributed by atoms with van der Waals surface area (Å²) in [7, 11) is 0. The van der Waals surface area contributed by atoms with Gasteiger partial charge in [0.1, 0.15) is 5.82 Å². The maximum absolute atomic E-state index is 11.3. The van der Waals surface area contributed by atoms with Gasteiger partial charge in [-0.05, 0) is 12.2 Å². The van der Waals surface area contributed by atoms with Crippen molar-refractivity contribution < 1.29 is 4.79 Å². The summed E-state index contributed by atoms with van der Waals surface area (Å²) in [6, 6.07) is 0. The van der Waals surface area contributed by atoms with Crippen LogP contribution in [0.3, 0.4) is 0 Å². The predicted octanol–water partition coefficient (Wildman–Crippen LogP) is 0.857. The summed E-state index contributed by atoms with van der Waals surface area (Å²) in [5, 5.41) is 2.97. The zero-order valence-electron chi connectivity index (χ0n) is 6.40. The molecule has 0 spiro atoms. The van der Waals surface area contributed by atoms with Crippen LogP contribution in [0.25, 0.3) is 0 Å². The van der Waals surface area contributed by atoms with Crippen LogP contribution in [0.5, 0.6) is 0 Å². The van der Waals surface area contributed by atoms with E-state index in [4.69, 9.17) is 0 Å². The maximum atomic E-state index is 11.3. The molecule has 12 heavy (non-hydrogen) atoms. The normalized spacial score (nSPS) is 19.8. The van der Waals surface area contributed by atoms with Crippen molar-refractivity contribution in [3.8, 4) is 0 Å². The fourth-order valence-electron chi connectivity index (χ4n) is 1.10. The highest BCUT2D eigenvalue weighted by molar-refractivity contribution is 5.90. The van der Waals surface area contributed by atoms with E-state index >= 15 is 0 Å². The summed E-state index contributed by atoms with van der Waals surface area (Å²) in [4.78, 5) is 12.8. The number of carbonyl (C=O) groups is 1. The highest BCUT2D eigenvalue weighted by Crippen LogP contribution is 2.10. The molecule has 3 heteroatoms. The Labute approximate surface area is 70.4 Å². The molecule has 1 amide bonds. The molecule has 0 unspecified atom stereocenters. The Morgan fingerprint density at radius 2 is 2.17 bits per heavy atom. The number of hydrogen-bond donors (Lipinski definition) is 1. The predicted molar refractivity (Wildman–Crippen MR) is 45.5 cm³/mol. The third kappa shape index (κ3) is 1.05. The van der Waals surface area contributed by atoms with Gasteiger partial charge >= 0.3 is 0 Å². The monoisotopic (exact) mass is 160 g/mol. The smallest absolute Gasteiger partial charge is 0.257 e. The second-order valence-corrected chi connectivity index (χ2v) is 2.46. The van der Waals surface area contributed by atoms with E-state index in [-0.39, 0.29) is 5.91 Å². The van der Waals surface area contributed by atoms with Gasteiger partial charge in [0.15, 0.2) is 0 Å². The van der Waals surface area contributed by atoms with Gasteiger partial charge in [-0.3, -0.25) is 9.69 Å². The van der Waals surface area contributed by atoms with Crippen molar-refractivity contribution in [1.29, 1.82) is 0 Å². The number of allylic oxidation sites excluding steroid dienone is 4. The minimum Gasteiger partial charge on any atom is -0.348 e. The minimum absolute atomic E-state index is 0.0278. The number of amides is 1. The zero-order chi connectivity index (χ0) is 8.39. The van der Waals surface area contributed by atoms with Crippen LogP contribution in [-0.4, -0.2) is 10.8 Å². The van der Waals surface area contributed by atoms with E-state index in [1.807, 2.05) is 24.3 Å². The lowest BCUT2D eigenvalue weighted by molar-refractivity contribution is -0.122. The third-order valence-electron chi connectivity index (χ3n) is 1.67. The quantitative estimate of drug-likeness (QED) is 0.570. The summed E-state index contributed by atoms with van der Waals surface area (Å²) in [6.45, 7) is 0. The average Bonchev–Trinajstić information content (AvgIpc) is 2.30. The molecule has 0 atom stereocenters. The van der Waals surface area contributed by atoms with Gasteiger partial charge in [-0.2, -0.15) is 0 Å². The van der Waals surface area contributed by atoms with Gasteiger partial charge < -0.3 is 5.32 Å². The van der Waals surface area contributed by atoms with Crippen LogP contribution < -0.4 is 5.32 Å². The molecule has 0 saturated heterocycles. The first kappa shape index (κ1) is 6.91. The van der Waals surface area contributed by atoms with Crippen LogP contribution in [0, 0.1) is 0 Å². The molecule has 0 saturated carbocycles. The van der Waals surface area contributed by atoms with Gasteiger partial charge in [-0.15, -0.1) is 0 Å². The molecule has 2 rings (SSSR count). The van der Waals surface area contributed by atoms with E-state index in [0.717, 1.165) is 5.82 Å². The number of hydrogen-bond acceptors (Lipinski definition) is 2. The van der Waals surface area contributed by atoms with Crippen molar-refractivity contribution in [1.82, 2.24) is 10.2 Å². The Morgan fingerprint density at radius 3 is 3.08 bits per heavy atom. The minimum atomic E-state index is -0.0278. The Hall–Kier alpha value is -1.77. The van der Waals surface area contributed by atoms with Crippen LogP contribution in [-0.2, 0) is 4.79 Å². The molecule has 0 aromatic rings. The highest BCUT2D eigenvalue weighted by Gasteiger charge is 2.15. The molecule has 0 aromatic heterocycles. The second-order valence-electron chi connectivity index (χ2n) is 2.46. The van der Waals surface area contributed by atoms with Crippen LogP contribution in [0.15, 0.2) is 48.6 Å². The Balaban J connectivity index is 2.40. The zero-order valence-corrected chi connectivity index (χ0v) is 6.40. The summed E-state index contributed by atoms with van der Waals surface area (Å²) in [5.74, 6) is 0.757. The van der Waals surface area contributed by atoms with E-state index < -0.39 is 0 Å². The summed E-state index contributed by atoms with van der Waals surface area (Å²) in [6.07, 6.45) is 12.3. The number of carbonyl (C=O) groups excluding carboxylic acids is 1. The third-order valence-corrected chi connectivity index (χ3v) is 1.67. The van der Waals surface area contributed by atoms with Gasteiger partial charge in [0.2, 0.25) is 0 Å². The van der Waals surface area contributed by atoms with Crippen molar-refractivity contribution in [2.45, 2.75) is 0 Å². The summed E-state index contributed by atoms with van der Waals surface area (Å²) < 4.78 is 0. The molecule has 0 aliphatic carbocycles. The summed E-state index contributed by atoms with van der Waals surface area (Å²) in [5.41, 5.74) is 0. The van der Waals surface area contributed by atoms with Crippen molar-refractivity contribution in [3.63, 3.8) is 0 Å². The van der Waals surface area contributed by atoms with Crippen molar-refractivity contribution >= 4 is 5.91 Å². The molecule has 0 bridgehead atoms. The van der Waals surface area contributed by atoms with Crippen LogP contribution >= 0.6 is 0 Å². The van der Waals surface area contributed by atoms with Gasteiger partial charge in [0.25, 0.3) is 5.91 Å². The molecular formula is C9H8N2O. The molecular weight excluding hydrogens is 152 g/mol. The molecule has 2 aliphatic heterocycles. The van der Waals surface area contributed by atoms with Gasteiger partial charge in [0, 0.05) is 18.5 Å². The fraction of sp³-hybridized carbons (Fsp3) is 0. The molecule has 2 heterocycles. The lowest BCUT2D eigenvalue weighted by Gasteiger charge is -2.22. The van der Waals surface area contributed by atoms with Gasteiger partial charge in [0.05, 0.1) is 0 Å². The van der Waals surface area contributed by atoms with E-state index in [1.165, 1.54) is 6.08 Å². The van der Waals surface area contributed by atoms with Crippen LogP contribution in [0.4, 0.5) is 0 Å². The first-order valence-electron chi connectivity index (χ1n) is 3.69. The lowest BCUT2D eigenvalue weighted by atomic mass is 10.4. The largest absolute Gasteiger partial charge is 0.348 e. The van der Waals surface area contributed by atoms with Crippen molar-refractivity contribution in [2.75, 3.05) is 0 Å². The topological polar surface area (TPSA) is 32.3 Å². The molecule has 0 aromatic carbocycles. The molecule has 0 radical (unpaired) electrons.